The molecule has 0 aromatic carbocycles. The summed E-state index contributed by atoms with van der Waals surface area (Å²) in [5.41, 5.74) is 7.46. The largest absolute Gasteiger partial charge is 0.330 e. The van der Waals surface area contributed by atoms with Crippen LogP contribution in [0.15, 0.2) is 24.9 Å². The van der Waals surface area contributed by atoms with Gasteiger partial charge in [0.15, 0.2) is 0 Å². The highest BCUT2D eigenvalue weighted by molar-refractivity contribution is 5.44. The van der Waals surface area contributed by atoms with E-state index in [0.717, 1.165) is 17.7 Å². The van der Waals surface area contributed by atoms with E-state index in [4.69, 9.17) is 5.73 Å². The van der Waals surface area contributed by atoms with Gasteiger partial charge in [-0.2, -0.15) is 0 Å². The number of hydrogen-bond acceptors (Lipinski definition) is 2. The summed E-state index contributed by atoms with van der Waals surface area (Å²) in [6, 6.07) is 3.97. The lowest BCUT2D eigenvalue weighted by Gasteiger charge is -1.96. The molecule has 11 heavy (non-hydrogen) atoms. The average molecular weight is 148 g/mol. The monoisotopic (exact) mass is 148 g/mol. The summed E-state index contributed by atoms with van der Waals surface area (Å²) >= 11 is 0. The third kappa shape index (κ3) is 2.16. The van der Waals surface area contributed by atoms with E-state index in [1.807, 2.05) is 12.1 Å². The van der Waals surface area contributed by atoms with E-state index in [2.05, 4.69) is 11.6 Å². The van der Waals surface area contributed by atoms with Crippen LogP contribution < -0.4 is 5.73 Å². The molecule has 1 aromatic rings. The van der Waals surface area contributed by atoms with Crippen LogP contribution in [-0.4, -0.2) is 11.5 Å². The van der Waals surface area contributed by atoms with Crippen LogP contribution in [0.1, 0.15) is 11.3 Å². The maximum absolute atomic E-state index is 5.37. The zero-order valence-electron chi connectivity index (χ0n) is 6.46. The highest BCUT2D eigenvalue weighted by Crippen LogP contribution is 2.00. The molecular weight excluding hydrogens is 136 g/mol. The number of hydrogen-bond donors (Lipinski definition) is 1. The van der Waals surface area contributed by atoms with E-state index in [-0.39, 0.29) is 0 Å². The molecular formula is C9H12N2. The molecule has 1 heterocycles. The van der Waals surface area contributed by atoms with E-state index in [1.54, 1.807) is 12.3 Å². The summed E-state index contributed by atoms with van der Waals surface area (Å²) < 4.78 is 0. The fourth-order valence-electron chi connectivity index (χ4n) is 0.852. The molecule has 2 N–H and O–H groups in total. The van der Waals surface area contributed by atoms with E-state index in [1.165, 1.54) is 0 Å². The lowest BCUT2D eigenvalue weighted by molar-refractivity contribution is 0.922. The summed E-state index contributed by atoms with van der Waals surface area (Å²) in [6.45, 7) is 4.30. The van der Waals surface area contributed by atoms with Gasteiger partial charge in [0.05, 0.1) is 0 Å². The molecule has 58 valence electrons. The lowest BCUT2D eigenvalue weighted by atomic mass is 10.2. The third-order valence-electron chi connectivity index (χ3n) is 1.48. The van der Waals surface area contributed by atoms with Crippen molar-refractivity contribution in [2.24, 2.45) is 5.73 Å². The second-order valence-electron chi connectivity index (χ2n) is 2.33. The molecule has 0 radical (unpaired) electrons. The smallest absolute Gasteiger partial charge is 0.0416 e. The molecule has 0 fully saturated rings. The number of pyridine rings is 1. The second-order valence-corrected chi connectivity index (χ2v) is 2.33. The molecule has 0 aliphatic carbocycles. The zero-order chi connectivity index (χ0) is 8.10. The Labute approximate surface area is 66.8 Å². The van der Waals surface area contributed by atoms with Gasteiger partial charge < -0.3 is 5.73 Å². The molecule has 0 bridgehead atoms. The number of rotatable bonds is 3. The predicted octanol–water partition coefficient (Wildman–Crippen LogP) is 1.23. The highest BCUT2D eigenvalue weighted by atomic mass is 14.7. The van der Waals surface area contributed by atoms with Gasteiger partial charge in [0, 0.05) is 18.3 Å². The first-order valence-corrected chi connectivity index (χ1v) is 3.64. The Hall–Kier alpha value is -1.15. The summed E-state index contributed by atoms with van der Waals surface area (Å²) in [5.74, 6) is 0. The summed E-state index contributed by atoms with van der Waals surface area (Å²) in [6.07, 6.45) is 4.43. The van der Waals surface area contributed by atoms with Crippen molar-refractivity contribution >= 4 is 6.08 Å². The van der Waals surface area contributed by atoms with Gasteiger partial charge in [-0.25, -0.2) is 0 Å². The van der Waals surface area contributed by atoms with Gasteiger partial charge in [-0.15, -0.1) is 0 Å². The Morgan fingerprint density at radius 2 is 2.36 bits per heavy atom. The van der Waals surface area contributed by atoms with E-state index in [0.29, 0.717) is 6.54 Å². The molecule has 0 aliphatic heterocycles. The number of aromatic nitrogens is 1. The fraction of sp³-hybridized carbons (Fsp3) is 0.222. The molecule has 2 heteroatoms. The van der Waals surface area contributed by atoms with Crippen molar-refractivity contribution in [3.8, 4) is 0 Å². The summed E-state index contributed by atoms with van der Waals surface area (Å²) in [7, 11) is 0. The highest BCUT2D eigenvalue weighted by Gasteiger charge is 1.90. The molecule has 0 amide bonds. The van der Waals surface area contributed by atoms with Crippen LogP contribution in [0.5, 0.6) is 0 Å². The lowest BCUT2D eigenvalue weighted by Crippen LogP contribution is -2.03. The van der Waals surface area contributed by atoms with Gasteiger partial charge in [0.1, 0.15) is 0 Å². The minimum absolute atomic E-state index is 0.653. The summed E-state index contributed by atoms with van der Waals surface area (Å²) in [4.78, 5) is 4.19. The molecule has 0 atom stereocenters. The minimum Gasteiger partial charge on any atom is -0.330 e. The Morgan fingerprint density at radius 3 is 2.82 bits per heavy atom. The van der Waals surface area contributed by atoms with Crippen LogP contribution in [0.25, 0.3) is 6.08 Å². The van der Waals surface area contributed by atoms with Gasteiger partial charge in [-0.1, -0.05) is 18.7 Å². The minimum atomic E-state index is 0.653. The molecule has 0 unspecified atom stereocenters. The molecule has 0 spiro atoms. The van der Waals surface area contributed by atoms with Crippen molar-refractivity contribution in [2.75, 3.05) is 6.54 Å². The van der Waals surface area contributed by atoms with Gasteiger partial charge in [0.2, 0.25) is 0 Å². The van der Waals surface area contributed by atoms with E-state index in [9.17, 15) is 0 Å². The van der Waals surface area contributed by atoms with Crippen LogP contribution >= 0.6 is 0 Å². The Morgan fingerprint density at radius 1 is 1.55 bits per heavy atom. The quantitative estimate of drug-likeness (QED) is 0.700. The van der Waals surface area contributed by atoms with Crippen LogP contribution in [0, 0.1) is 0 Å². The van der Waals surface area contributed by atoms with Crippen molar-refractivity contribution in [1.29, 1.82) is 0 Å². The number of nitrogens with zero attached hydrogens (tertiary/aromatic N) is 1. The fourth-order valence-corrected chi connectivity index (χ4v) is 0.852. The normalized spacial score (nSPS) is 9.55. The maximum atomic E-state index is 5.37. The molecule has 1 rings (SSSR count). The molecule has 0 saturated carbocycles. The van der Waals surface area contributed by atoms with Crippen LogP contribution in [0.4, 0.5) is 0 Å². The first-order chi connectivity index (χ1) is 5.36. The van der Waals surface area contributed by atoms with Crippen LogP contribution in [-0.2, 0) is 6.42 Å². The Balaban J connectivity index is 2.74. The maximum Gasteiger partial charge on any atom is 0.0416 e. The van der Waals surface area contributed by atoms with E-state index < -0.39 is 0 Å². The third-order valence-corrected chi connectivity index (χ3v) is 1.48. The average Bonchev–Trinajstić information content (AvgIpc) is 2.07. The first-order valence-electron chi connectivity index (χ1n) is 3.64. The van der Waals surface area contributed by atoms with Gasteiger partial charge >= 0.3 is 0 Å². The molecule has 0 saturated heterocycles. The standard InChI is InChI=1S/C9H12N2/c1-2-8-3-4-9(5-6-10)11-7-8/h2-4,7H,1,5-6,10H2. The van der Waals surface area contributed by atoms with Gasteiger partial charge in [-0.05, 0) is 18.2 Å². The first kappa shape index (κ1) is 7.95. The van der Waals surface area contributed by atoms with E-state index >= 15 is 0 Å². The van der Waals surface area contributed by atoms with Gasteiger partial charge in [0.25, 0.3) is 0 Å². The Kier molecular flexibility index (Phi) is 2.81. The van der Waals surface area contributed by atoms with Crippen molar-refractivity contribution in [2.45, 2.75) is 6.42 Å². The Bertz CT molecular complexity index is 226. The van der Waals surface area contributed by atoms with Crippen molar-refractivity contribution in [3.05, 3.63) is 36.2 Å². The second kappa shape index (κ2) is 3.88. The van der Waals surface area contributed by atoms with Gasteiger partial charge in [-0.3, -0.25) is 4.98 Å². The molecule has 0 aliphatic rings. The molecule has 1 aromatic heterocycles. The number of nitrogens with two attached hydrogens (primary N) is 1. The summed E-state index contributed by atoms with van der Waals surface area (Å²) in [5, 5.41) is 0. The predicted molar refractivity (Wildman–Crippen MR) is 47.1 cm³/mol. The SMILES string of the molecule is C=Cc1ccc(CCN)nc1. The van der Waals surface area contributed by atoms with Crippen LogP contribution in [0.3, 0.4) is 0 Å². The topological polar surface area (TPSA) is 38.9 Å². The van der Waals surface area contributed by atoms with Crippen molar-refractivity contribution in [3.63, 3.8) is 0 Å². The van der Waals surface area contributed by atoms with Crippen molar-refractivity contribution < 1.29 is 0 Å². The molecule has 2 nitrogen and oxygen atoms in total. The van der Waals surface area contributed by atoms with Crippen LogP contribution in [0.2, 0.25) is 0 Å². The zero-order valence-corrected chi connectivity index (χ0v) is 6.46. The van der Waals surface area contributed by atoms with Crippen molar-refractivity contribution in [1.82, 2.24) is 4.98 Å².